The van der Waals surface area contributed by atoms with Crippen LogP contribution in [0.3, 0.4) is 0 Å². The Labute approximate surface area is 119 Å². The first kappa shape index (κ1) is 13.2. The summed E-state index contributed by atoms with van der Waals surface area (Å²) in [6.07, 6.45) is 1.65. The van der Waals surface area contributed by atoms with E-state index in [2.05, 4.69) is 4.90 Å². The molecule has 0 bridgehead atoms. The minimum Gasteiger partial charge on any atom is -0.368 e. The van der Waals surface area contributed by atoms with Crippen LogP contribution in [0.2, 0.25) is 5.02 Å². The Balaban J connectivity index is 1.68. The average molecular weight is 301 g/mol. The molecule has 0 amide bonds. The van der Waals surface area contributed by atoms with Gasteiger partial charge in [-0.25, -0.2) is 8.42 Å². The normalized spacial score (nSPS) is 21.6. The highest BCUT2D eigenvalue weighted by molar-refractivity contribution is 7.90. The Morgan fingerprint density at radius 3 is 2.26 bits per heavy atom. The third-order valence-corrected chi connectivity index (χ3v) is 6.46. The Bertz CT molecular complexity index is 564. The molecule has 1 aliphatic heterocycles. The number of hydrogen-bond donors (Lipinski definition) is 0. The van der Waals surface area contributed by atoms with Crippen LogP contribution in [0.15, 0.2) is 24.3 Å². The topological polar surface area (TPSA) is 40.6 Å². The molecule has 104 valence electrons. The highest BCUT2D eigenvalue weighted by atomic mass is 35.5. The summed E-state index contributed by atoms with van der Waals surface area (Å²) in [6, 6.07) is 7.70. The minimum absolute atomic E-state index is 0.112. The van der Waals surface area contributed by atoms with Gasteiger partial charge in [0, 0.05) is 26.2 Å². The van der Waals surface area contributed by atoms with Crippen molar-refractivity contribution in [2.45, 2.75) is 18.1 Å². The lowest BCUT2D eigenvalue weighted by Crippen LogP contribution is -2.49. The summed E-state index contributed by atoms with van der Waals surface area (Å²) < 4.78 is 25.9. The highest BCUT2D eigenvalue weighted by Crippen LogP contribution is 2.32. The molecular weight excluding hydrogens is 284 g/mol. The number of rotatable bonds is 3. The van der Waals surface area contributed by atoms with Crippen molar-refractivity contribution in [1.82, 2.24) is 4.31 Å². The molecule has 19 heavy (non-hydrogen) atoms. The van der Waals surface area contributed by atoms with Gasteiger partial charge in [0.2, 0.25) is 10.0 Å². The monoisotopic (exact) mass is 300 g/mol. The van der Waals surface area contributed by atoms with Crippen LogP contribution in [0.25, 0.3) is 0 Å². The average Bonchev–Trinajstić information content (AvgIpc) is 3.24. The molecule has 1 saturated carbocycles. The minimum atomic E-state index is -3.03. The van der Waals surface area contributed by atoms with Crippen molar-refractivity contribution in [3.63, 3.8) is 0 Å². The predicted molar refractivity (Wildman–Crippen MR) is 77.2 cm³/mol. The molecule has 4 nitrogen and oxygen atoms in total. The SMILES string of the molecule is O=S(=O)(C1CC1)N1CCN(c2ccccc2Cl)CC1. The van der Waals surface area contributed by atoms with E-state index >= 15 is 0 Å². The Kier molecular flexibility index (Phi) is 3.45. The molecule has 0 atom stereocenters. The summed E-state index contributed by atoms with van der Waals surface area (Å²) in [6.45, 7) is 2.53. The zero-order valence-electron chi connectivity index (χ0n) is 10.6. The Morgan fingerprint density at radius 2 is 1.68 bits per heavy atom. The third kappa shape index (κ3) is 2.59. The van der Waals surface area contributed by atoms with Gasteiger partial charge in [-0.1, -0.05) is 23.7 Å². The molecule has 1 aromatic rings. The molecule has 1 aliphatic carbocycles. The first-order chi connectivity index (χ1) is 9.09. The van der Waals surface area contributed by atoms with Gasteiger partial charge in [0.15, 0.2) is 0 Å². The van der Waals surface area contributed by atoms with E-state index in [1.54, 1.807) is 4.31 Å². The predicted octanol–water partition coefficient (Wildman–Crippen LogP) is 1.95. The van der Waals surface area contributed by atoms with E-state index in [0.717, 1.165) is 23.6 Å². The molecule has 3 rings (SSSR count). The maximum absolute atomic E-state index is 12.1. The van der Waals surface area contributed by atoms with Crippen LogP contribution in [0.5, 0.6) is 0 Å². The van der Waals surface area contributed by atoms with Gasteiger partial charge in [0.25, 0.3) is 0 Å². The van der Waals surface area contributed by atoms with Gasteiger partial charge in [-0.2, -0.15) is 4.31 Å². The third-order valence-electron chi connectivity index (χ3n) is 3.74. The lowest BCUT2D eigenvalue weighted by atomic mass is 10.2. The maximum Gasteiger partial charge on any atom is 0.217 e. The van der Waals surface area contributed by atoms with Gasteiger partial charge in [-0.3, -0.25) is 0 Å². The molecule has 2 fully saturated rings. The smallest absolute Gasteiger partial charge is 0.217 e. The molecule has 1 aromatic carbocycles. The molecular formula is C13H17ClN2O2S. The lowest BCUT2D eigenvalue weighted by Gasteiger charge is -2.35. The molecule has 2 aliphatic rings. The van der Waals surface area contributed by atoms with E-state index in [9.17, 15) is 8.42 Å². The standard InChI is InChI=1S/C13H17ClN2O2S/c14-12-3-1-2-4-13(12)15-7-9-16(10-8-15)19(17,18)11-5-6-11/h1-4,11H,5-10H2. The second-order valence-corrected chi connectivity index (χ2v) is 7.70. The summed E-state index contributed by atoms with van der Waals surface area (Å²) >= 11 is 6.17. The second-order valence-electron chi connectivity index (χ2n) is 5.08. The fourth-order valence-electron chi connectivity index (χ4n) is 2.47. The molecule has 0 N–H and O–H groups in total. The quantitative estimate of drug-likeness (QED) is 0.857. The van der Waals surface area contributed by atoms with Gasteiger partial charge in [0.05, 0.1) is 16.0 Å². The van der Waals surface area contributed by atoms with Gasteiger partial charge in [-0.15, -0.1) is 0 Å². The molecule has 0 radical (unpaired) electrons. The molecule has 1 heterocycles. The number of nitrogens with zero attached hydrogens (tertiary/aromatic N) is 2. The van der Waals surface area contributed by atoms with Crippen LogP contribution in [-0.2, 0) is 10.0 Å². The summed E-state index contributed by atoms with van der Waals surface area (Å²) in [5.74, 6) is 0. The second kappa shape index (κ2) is 4.96. The fraction of sp³-hybridized carbons (Fsp3) is 0.538. The van der Waals surface area contributed by atoms with Gasteiger partial charge >= 0.3 is 0 Å². The number of piperazine rings is 1. The first-order valence-electron chi connectivity index (χ1n) is 6.57. The van der Waals surface area contributed by atoms with Crippen molar-refractivity contribution < 1.29 is 8.42 Å². The van der Waals surface area contributed by atoms with Gasteiger partial charge < -0.3 is 4.90 Å². The Morgan fingerprint density at radius 1 is 1.05 bits per heavy atom. The highest BCUT2D eigenvalue weighted by Gasteiger charge is 2.41. The number of halogens is 1. The van der Waals surface area contributed by atoms with E-state index in [1.165, 1.54) is 0 Å². The number of anilines is 1. The molecule has 0 unspecified atom stereocenters. The number of benzene rings is 1. The molecule has 0 aromatic heterocycles. The molecule has 0 spiro atoms. The van der Waals surface area contributed by atoms with Crippen molar-refractivity contribution in [3.05, 3.63) is 29.3 Å². The number of hydrogen-bond acceptors (Lipinski definition) is 3. The van der Waals surface area contributed by atoms with Crippen molar-refractivity contribution >= 4 is 27.3 Å². The number of para-hydroxylation sites is 1. The summed E-state index contributed by atoms with van der Waals surface area (Å²) in [4.78, 5) is 2.15. The molecule has 1 saturated heterocycles. The van der Waals surface area contributed by atoms with Crippen LogP contribution in [0.4, 0.5) is 5.69 Å². The summed E-state index contributed by atoms with van der Waals surface area (Å²) in [5.41, 5.74) is 0.993. The van der Waals surface area contributed by atoms with Crippen molar-refractivity contribution in [2.75, 3.05) is 31.1 Å². The van der Waals surface area contributed by atoms with Crippen LogP contribution >= 0.6 is 11.6 Å². The first-order valence-corrected chi connectivity index (χ1v) is 8.45. The fourth-order valence-corrected chi connectivity index (χ4v) is 4.55. The number of sulfonamides is 1. The van der Waals surface area contributed by atoms with E-state index in [-0.39, 0.29) is 5.25 Å². The van der Waals surface area contributed by atoms with Crippen molar-refractivity contribution in [3.8, 4) is 0 Å². The summed E-state index contributed by atoms with van der Waals surface area (Å²) in [5, 5.41) is 0.611. The van der Waals surface area contributed by atoms with Crippen molar-refractivity contribution in [1.29, 1.82) is 0 Å². The van der Waals surface area contributed by atoms with E-state index < -0.39 is 10.0 Å². The summed E-state index contributed by atoms with van der Waals surface area (Å²) in [7, 11) is -3.03. The molecule has 6 heteroatoms. The zero-order valence-corrected chi connectivity index (χ0v) is 12.2. The van der Waals surface area contributed by atoms with E-state index in [1.807, 2.05) is 24.3 Å². The van der Waals surface area contributed by atoms with Crippen LogP contribution in [0, 0.1) is 0 Å². The van der Waals surface area contributed by atoms with Crippen LogP contribution in [-0.4, -0.2) is 44.2 Å². The van der Waals surface area contributed by atoms with Crippen LogP contribution < -0.4 is 4.90 Å². The largest absolute Gasteiger partial charge is 0.368 e. The van der Waals surface area contributed by atoms with E-state index in [0.29, 0.717) is 26.2 Å². The maximum atomic E-state index is 12.1. The van der Waals surface area contributed by atoms with Gasteiger partial charge in [-0.05, 0) is 25.0 Å². The zero-order chi connectivity index (χ0) is 13.5. The Hall–Kier alpha value is -0.780. The van der Waals surface area contributed by atoms with Gasteiger partial charge in [0.1, 0.15) is 0 Å². The van der Waals surface area contributed by atoms with E-state index in [4.69, 9.17) is 11.6 Å². The van der Waals surface area contributed by atoms with Crippen molar-refractivity contribution in [2.24, 2.45) is 0 Å². The lowest BCUT2D eigenvalue weighted by molar-refractivity contribution is 0.384. The van der Waals surface area contributed by atoms with Crippen LogP contribution in [0.1, 0.15) is 12.8 Å².